The first kappa shape index (κ1) is 56.6. The summed E-state index contributed by atoms with van der Waals surface area (Å²) in [7, 11) is 0. The van der Waals surface area contributed by atoms with Gasteiger partial charge in [-0.25, -0.2) is 0 Å². The first-order valence-electron chi connectivity index (χ1n) is 23.7. The van der Waals surface area contributed by atoms with Crippen molar-refractivity contribution in [3.05, 3.63) is 48.6 Å². The Hall–Kier alpha value is -2.54. The summed E-state index contributed by atoms with van der Waals surface area (Å²) in [5.74, 6) is -0.960. The number of ether oxygens (including phenoxy) is 6. The van der Waals surface area contributed by atoms with Gasteiger partial charge in [-0.15, -0.1) is 0 Å². The molecule has 2 aliphatic heterocycles. The fourth-order valence-corrected chi connectivity index (χ4v) is 7.11. The van der Waals surface area contributed by atoms with Crippen LogP contribution in [0.3, 0.4) is 0 Å². The zero-order valence-electron chi connectivity index (χ0n) is 38.0. The second kappa shape index (κ2) is 35.7. The van der Waals surface area contributed by atoms with Crippen LogP contribution in [-0.4, -0.2) is 142 Å². The molecule has 2 aliphatic rings. The number of hydrogen-bond donors (Lipinski definition) is 7. The molecule has 63 heavy (non-hydrogen) atoms. The molecule has 15 heteroatoms. The van der Waals surface area contributed by atoms with Gasteiger partial charge in [0.1, 0.15) is 55.4 Å². The summed E-state index contributed by atoms with van der Waals surface area (Å²) in [4.78, 5) is 25.6. The highest BCUT2D eigenvalue weighted by Gasteiger charge is 2.47. The second-order valence-corrected chi connectivity index (χ2v) is 16.5. The van der Waals surface area contributed by atoms with Gasteiger partial charge >= 0.3 is 11.9 Å². The third-order valence-corrected chi connectivity index (χ3v) is 11.0. The Morgan fingerprint density at radius 3 is 1.59 bits per heavy atom. The molecule has 0 spiro atoms. The lowest BCUT2D eigenvalue weighted by Gasteiger charge is -2.42. The first-order valence-corrected chi connectivity index (χ1v) is 23.7. The fourth-order valence-electron chi connectivity index (χ4n) is 7.11. The van der Waals surface area contributed by atoms with Crippen LogP contribution in [0.2, 0.25) is 0 Å². The van der Waals surface area contributed by atoms with E-state index in [4.69, 9.17) is 28.4 Å². The number of hydrogen-bond acceptors (Lipinski definition) is 15. The normalized spacial score (nSPS) is 27.3. The molecule has 0 aromatic carbocycles. The Balaban J connectivity index is 1.85. The van der Waals surface area contributed by atoms with E-state index in [-0.39, 0.29) is 19.4 Å². The average molecular weight is 899 g/mol. The Morgan fingerprint density at radius 2 is 1.00 bits per heavy atom. The van der Waals surface area contributed by atoms with E-state index in [0.717, 1.165) is 89.9 Å². The summed E-state index contributed by atoms with van der Waals surface area (Å²) in [6.45, 7) is 2.40. The van der Waals surface area contributed by atoms with Crippen LogP contribution in [0.5, 0.6) is 0 Å². The van der Waals surface area contributed by atoms with Crippen molar-refractivity contribution in [2.45, 2.75) is 216 Å². The highest BCUT2D eigenvalue weighted by Crippen LogP contribution is 2.26. The van der Waals surface area contributed by atoms with Crippen molar-refractivity contribution in [1.29, 1.82) is 0 Å². The lowest BCUT2D eigenvalue weighted by atomic mass is 9.98. The molecule has 7 N–H and O–H groups in total. The van der Waals surface area contributed by atoms with Gasteiger partial charge in [-0.3, -0.25) is 9.59 Å². The molecule has 0 aromatic heterocycles. The van der Waals surface area contributed by atoms with Gasteiger partial charge in [0, 0.05) is 12.8 Å². The monoisotopic (exact) mass is 899 g/mol. The number of unbranched alkanes of at least 4 members (excludes halogenated alkanes) is 13. The van der Waals surface area contributed by atoms with Crippen LogP contribution in [0.1, 0.15) is 149 Å². The van der Waals surface area contributed by atoms with E-state index in [9.17, 15) is 45.3 Å². The Morgan fingerprint density at radius 1 is 0.524 bits per heavy atom. The number of carbonyl (C=O) groups is 2. The molecule has 2 fully saturated rings. The minimum atomic E-state index is -1.77. The van der Waals surface area contributed by atoms with Crippen molar-refractivity contribution < 1.29 is 73.8 Å². The number of carbonyl (C=O) groups excluding carboxylic acids is 2. The predicted molar refractivity (Wildman–Crippen MR) is 238 cm³/mol. The molecule has 2 heterocycles. The van der Waals surface area contributed by atoms with Crippen LogP contribution in [0.15, 0.2) is 48.6 Å². The zero-order chi connectivity index (χ0) is 46.1. The molecule has 11 atom stereocenters. The number of allylic oxidation sites excluding steroid dienone is 8. The molecule has 0 radical (unpaired) electrons. The number of esters is 2. The molecule has 15 nitrogen and oxygen atoms in total. The van der Waals surface area contributed by atoms with Crippen LogP contribution >= 0.6 is 0 Å². The molecule has 364 valence electrons. The Labute approximate surface area is 376 Å². The van der Waals surface area contributed by atoms with Gasteiger partial charge in [0.15, 0.2) is 18.7 Å². The molecule has 0 amide bonds. The molecule has 0 bridgehead atoms. The van der Waals surface area contributed by atoms with Crippen molar-refractivity contribution in [2.75, 3.05) is 26.4 Å². The summed E-state index contributed by atoms with van der Waals surface area (Å²) in [6.07, 6.45) is 20.1. The summed E-state index contributed by atoms with van der Waals surface area (Å²) >= 11 is 0. The highest BCUT2D eigenvalue weighted by molar-refractivity contribution is 5.70. The molecule has 0 aromatic rings. The van der Waals surface area contributed by atoms with Crippen molar-refractivity contribution in [1.82, 2.24) is 0 Å². The van der Waals surface area contributed by atoms with Gasteiger partial charge in [0.05, 0.1) is 19.8 Å². The third kappa shape index (κ3) is 24.5. The quantitative estimate of drug-likeness (QED) is 0.0235. The van der Waals surface area contributed by atoms with E-state index in [2.05, 4.69) is 62.5 Å². The average Bonchev–Trinajstić information content (AvgIpc) is 3.28. The molecule has 4 unspecified atom stereocenters. The van der Waals surface area contributed by atoms with Crippen molar-refractivity contribution in [2.24, 2.45) is 0 Å². The maximum atomic E-state index is 12.9. The summed E-state index contributed by atoms with van der Waals surface area (Å²) in [5, 5.41) is 71.9. The van der Waals surface area contributed by atoms with Crippen molar-refractivity contribution >= 4 is 11.9 Å². The van der Waals surface area contributed by atoms with E-state index < -0.39 is 99.3 Å². The summed E-state index contributed by atoms with van der Waals surface area (Å²) < 4.78 is 33.5. The van der Waals surface area contributed by atoms with Crippen molar-refractivity contribution in [3.8, 4) is 0 Å². The lowest BCUT2D eigenvalue weighted by molar-refractivity contribution is -0.332. The van der Waals surface area contributed by atoms with Crippen LogP contribution in [0.25, 0.3) is 0 Å². The van der Waals surface area contributed by atoms with Gasteiger partial charge in [-0.1, -0.05) is 114 Å². The fraction of sp³-hybridized carbons (Fsp3) is 0.792. The Bertz CT molecular complexity index is 1290. The SMILES string of the molecule is CC/C=C/C/C=C/C/C=C/CCCCCCCC(=O)OC[C@H](CO[C@@H]1O[C@H](CO[C@@H]2O[C@H](CO)[C@H](O)C(O)C2O)[C@H](O)C(O)C1O)OC(=O)CCCCCCC/C=C/CCCCC. The molecule has 2 rings (SSSR count). The van der Waals surface area contributed by atoms with E-state index in [1.807, 2.05) is 0 Å². The summed E-state index contributed by atoms with van der Waals surface area (Å²) in [5.41, 5.74) is 0. The first-order chi connectivity index (χ1) is 30.5. The predicted octanol–water partition coefficient (Wildman–Crippen LogP) is 5.54. The smallest absolute Gasteiger partial charge is 0.306 e. The molecular formula is C48H82O15. The van der Waals surface area contributed by atoms with Gasteiger partial charge in [0.2, 0.25) is 0 Å². The van der Waals surface area contributed by atoms with Gasteiger partial charge in [0.25, 0.3) is 0 Å². The second-order valence-electron chi connectivity index (χ2n) is 16.5. The molecule has 0 aliphatic carbocycles. The van der Waals surface area contributed by atoms with E-state index in [1.54, 1.807) is 0 Å². The number of aliphatic hydroxyl groups excluding tert-OH is 7. The van der Waals surface area contributed by atoms with E-state index in [1.165, 1.54) is 19.3 Å². The van der Waals surface area contributed by atoms with Crippen LogP contribution in [0, 0.1) is 0 Å². The van der Waals surface area contributed by atoms with E-state index >= 15 is 0 Å². The lowest BCUT2D eigenvalue weighted by Crippen LogP contribution is -2.61. The van der Waals surface area contributed by atoms with Gasteiger partial charge in [-0.05, 0) is 70.6 Å². The minimum absolute atomic E-state index is 0.149. The number of rotatable bonds is 35. The summed E-state index contributed by atoms with van der Waals surface area (Å²) in [6, 6.07) is 0. The minimum Gasteiger partial charge on any atom is -0.462 e. The zero-order valence-corrected chi connectivity index (χ0v) is 38.0. The maximum absolute atomic E-state index is 12.9. The maximum Gasteiger partial charge on any atom is 0.306 e. The number of aliphatic hydroxyl groups is 7. The van der Waals surface area contributed by atoms with Crippen LogP contribution in [0.4, 0.5) is 0 Å². The largest absolute Gasteiger partial charge is 0.462 e. The van der Waals surface area contributed by atoms with Crippen molar-refractivity contribution in [3.63, 3.8) is 0 Å². The highest BCUT2D eigenvalue weighted by atomic mass is 16.7. The topological polar surface area (TPSA) is 231 Å². The van der Waals surface area contributed by atoms with Gasteiger partial charge in [-0.2, -0.15) is 0 Å². The van der Waals surface area contributed by atoms with Crippen LogP contribution in [-0.2, 0) is 38.0 Å². The van der Waals surface area contributed by atoms with Crippen LogP contribution < -0.4 is 0 Å². The van der Waals surface area contributed by atoms with Gasteiger partial charge < -0.3 is 64.2 Å². The molecule has 2 saturated heterocycles. The van der Waals surface area contributed by atoms with E-state index in [0.29, 0.717) is 12.8 Å². The Kier molecular flexibility index (Phi) is 32.1. The molecular weight excluding hydrogens is 817 g/mol. The molecule has 0 saturated carbocycles. The third-order valence-electron chi connectivity index (χ3n) is 11.0. The standard InChI is InChI=1S/C48H82O15/c1-3-5-7-9-11-13-15-17-18-19-21-22-24-26-28-30-39(50)58-33-36(61-40(51)31-29-27-25-23-20-16-14-12-10-8-6-4-2)34-59-47-46(57)44(55)42(53)38(63-47)35-60-48-45(56)43(54)41(52)37(32-49)62-48/h5,7,11-14,17-18,36-38,41-49,52-57H,3-4,6,8-10,15-16,19-35H2,1-2H3/b7-5+,13-11+,14-12+,18-17+/t36-,37-,38-,41+,42+,43?,44?,45?,46?,47-,48-/m1/s1.